The Labute approximate surface area is 168 Å². The van der Waals surface area contributed by atoms with Gasteiger partial charge in [-0.05, 0) is 31.7 Å². The fourth-order valence-electron chi connectivity index (χ4n) is 4.22. The molecular weight excluding hydrogens is 348 g/mol. The Balaban J connectivity index is 1.74. The summed E-state index contributed by atoms with van der Waals surface area (Å²) in [5.41, 5.74) is 3.40. The van der Waals surface area contributed by atoms with Gasteiger partial charge in [-0.25, -0.2) is 9.97 Å². The van der Waals surface area contributed by atoms with E-state index in [1.807, 2.05) is 30.0 Å². The molecule has 2 aromatic rings. The van der Waals surface area contributed by atoms with E-state index in [0.29, 0.717) is 5.92 Å². The Bertz CT molecular complexity index is 811. The molecule has 0 bridgehead atoms. The molecule has 1 aliphatic heterocycles. The van der Waals surface area contributed by atoms with Crippen LogP contribution in [0.25, 0.3) is 0 Å². The second kappa shape index (κ2) is 8.72. The molecule has 1 fully saturated rings. The Kier molecular flexibility index (Phi) is 6.32. The zero-order valence-corrected chi connectivity index (χ0v) is 17.8. The number of aryl methyl sites for hydroxylation is 2. The van der Waals surface area contributed by atoms with Gasteiger partial charge in [0.25, 0.3) is 0 Å². The molecule has 5 nitrogen and oxygen atoms in total. The number of rotatable bonds is 5. The van der Waals surface area contributed by atoms with Crippen molar-refractivity contribution >= 4 is 11.7 Å². The maximum Gasteiger partial charge on any atom is 0.230 e. The normalized spacial score (nSPS) is 15.8. The Morgan fingerprint density at radius 1 is 1.04 bits per heavy atom. The Morgan fingerprint density at radius 2 is 1.68 bits per heavy atom. The van der Waals surface area contributed by atoms with Crippen molar-refractivity contribution in [2.75, 3.05) is 31.1 Å². The first-order valence-corrected chi connectivity index (χ1v) is 10.4. The molecule has 1 saturated heterocycles. The first-order valence-electron chi connectivity index (χ1n) is 10.4. The monoisotopic (exact) mass is 380 g/mol. The van der Waals surface area contributed by atoms with E-state index in [1.165, 1.54) is 5.56 Å². The lowest BCUT2D eigenvalue weighted by Crippen LogP contribution is -2.50. The molecule has 0 unspecified atom stereocenters. The second-order valence-corrected chi connectivity index (χ2v) is 7.93. The summed E-state index contributed by atoms with van der Waals surface area (Å²) < 4.78 is 0. The van der Waals surface area contributed by atoms with E-state index < -0.39 is 0 Å². The molecule has 1 aliphatic rings. The average molecular weight is 381 g/mol. The molecule has 2 heterocycles. The number of anilines is 1. The fourth-order valence-corrected chi connectivity index (χ4v) is 4.22. The van der Waals surface area contributed by atoms with Gasteiger partial charge in [0.15, 0.2) is 0 Å². The van der Waals surface area contributed by atoms with Gasteiger partial charge < -0.3 is 9.80 Å². The second-order valence-electron chi connectivity index (χ2n) is 7.93. The van der Waals surface area contributed by atoms with E-state index in [-0.39, 0.29) is 11.8 Å². The number of carbonyl (C=O) groups excluding carboxylic acids is 1. The fraction of sp³-hybridized carbons (Fsp3) is 0.522. The molecule has 1 atom stereocenters. The summed E-state index contributed by atoms with van der Waals surface area (Å²) in [5.74, 6) is 2.42. The summed E-state index contributed by atoms with van der Waals surface area (Å²) in [6.07, 6.45) is 0.824. The van der Waals surface area contributed by atoms with E-state index in [2.05, 4.69) is 49.7 Å². The van der Waals surface area contributed by atoms with Crippen molar-refractivity contribution in [3.8, 4) is 0 Å². The number of nitrogens with zero attached hydrogens (tertiary/aromatic N) is 4. The molecule has 0 spiro atoms. The standard InChI is InChI=1S/C23H32N4O/c1-6-20(19-10-8-7-9-11-19)23(28)27-14-12-26(13-15-27)22-21(16(2)3)17(4)24-18(5)25-22/h7-11,16,20H,6,12-15H2,1-5H3/t20-/m0/s1. The third kappa shape index (κ3) is 4.18. The van der Waals surface area contributed by atoms with Crippen LogP contribution < -0.4 is 4.90 Å². The van der Waals surface area contributed by atoms with E-state index in [4.69, 9.17) is 4.98 Å². The molecule has 0 aliphatic carbocycles. The van der Waals surface area contributed by atoms with Crippen LogP contribution >= 0.6 is 0 Å². The summed E-state index contributed by atoms with van der Waals surface area (Å²) in [7, 11) is 0. The topological polar surface area (TPSA) is 49.3 Å². The van der Waals surface area contributed by atoms with Crippen LogP contribution in [0.5, 0.6) is 0 Å². The summed E-state index contributed by atoms with van der Waals surface area (Å²) in [5, 5.41) is 0. The van der Waals surface area contributed by atoms with E-state index in [1.54, 1.807) is 0 Å². The van der Waals surface area contributed by atoms with E-state index in [9.17, 15) is 4.79 Å². The first kappa shape index (κ1) is 20.3. The summed E-state index contributed by atoms with van der Waals surface area (Å²) in [6, 6.07) is 10.1. The molecule has 150 valence electrons. The van der Waals surface area contributed by atoms with Gasteiger partial charge in [0.1, 0.15) is 11.6 Å². The maximum absolute atomic E-state index is 13.1. The Morgan fingerprint density at radius 3 is 2.25 bits per heavy atom. The summed E-state index contributed by atoms with van der Waals surface area (Å²) in [4.78, 5) is 26.8. The van der Waals surface area contributed by atoms with Crippen molar-refractivity contribution in [3.63, 3.8) is 0 Å². The van der Waals surface area contributed by atoms with Crippen LogP contribution in [0.1, 0.15) is 61.7 Å². The number of hydrogen-bond donors (Lipinski definition) is 0. The van der Waals surface area contributed by atoms with Gasteiger partial charge in [-0.2, -0.15) is 0 Å². The molecule has 0 radical (unpaired) electrons. The summed E-state index contributed by atoms with van der Waals surface area (Å²) >= 11 is 0. The number of piperazine rings is 1. The van der Waals surface area contributed by atoms with E-state index >= 15 is 0 Å². The van der Waals surface area contributed by atoms with Crippen molar-refractivity contribution in [2.24, 2.45) is 0 Å². The number of carbonyl (C=O) groups is 1. The molecule has 1 aromatic carbocycles. The van der Waals surface area contributed by atoms with Gasteiger partial charge in [-0.1, -0.05) is 51.1 Å². The molecule has 1 amide bonds. The van der Waals surface area contributed by atoms with Crippen molar-refractivity contribution in [1.82, 2.24) is 14.9 Å². The molecule has 3 rings (SSSR count). The van der Waals surface area contributed by atoms with Crippen molar-refractivity contribution in [2.45, 2.75) is 52.9 Å². The lowest BCUT2D eigenvalue weighted by molar-refractivity contribution is -0.133. The highest BCUT2D eigenvalue weighted by atomic mass is 16.2. The minimum Gasteiger partial charge on any atom is -0.353 e. The quantitative estimate of drug-likeness (QED) is 0.785. The average Bonchev–Trinajstić information content (AvgIpc) is 2.68. The molecular formula is C23H32N4O. The number of hydrogen-bond acceptors (Lipinski definition) is 4. The minimum absolute atomic E-state index is 0.0532. The van der Waals surface area contributed by atoms with Gasteiger partial charge in [0.2, 0.25) is 5.91 Å². The van der Waals surface area contributed by atoms with Crippen molar-refractivity contribution in [1.29, 1.82) is 0 Å². The SMILES string of the molecule is CC[C@H](C(=O)N1CCN(c2nc(C)nc(C)c2C(C)C)CC1)c1ccccc1. The molecule has 0 N–H and O–H groups in total. The van der Waals surface area contributed by atoms with Gasteiger partial charge in [0, 0.05) is 37.4 Å². The molecule has 0 saturated carbocycles. The lowest BCUT2D eigenvalue weighted by atomic mass is 9.94. The van der Waals surface area contributed by atoms with Crippen molar-refractivity contribution < 1.29 is 4.79 Å². The molecule has 5 heteroatoms. The maximum atomic E-state index is 13.1. The minimum atomic E-state index is -0.0532. The van der Waals surface area contributed by atoms with Crippen molar-refractivity contribution in [3.05, 3.63) is 53.0 Å². The van der Waals surface area contributed by atoms with Gasteiger partial charge >= 0.3 is 0 Å². The van der Waals surface area contributed by atoms with Crippen LogP contribution in [-0.2, 0) is 4.79 Å². The zero-order valence-electron chi connectivity index (χ0n) is 17.8. The highest BCUT2D eigenvalue weighted by Crippen LogP contribution is 2.29. The van der Waals surface area contributed by atoms with Crippen LogP contribution in [0.3, 0.4) is 0 Å². The van der Waals surface area contributed by atoms with Crippen LogP contribution in [0.2, 0.25) is 0 Å². The van der Waals surface area contributed by atoms with Gasteiger partial charge in [-0.15, -0.1) is 0 Å². The molecule has 28 heavy (non-hydrogen) atoms. The largest absolute Gasteiger partial charge is 0.353 e. The lowest BCUT2D eigenvalue weighted by Gasteiger charge is -2.38. The van der Waals surface area contributed by atoms with Crippen LogP contribution in [0.15, 0.2) is 30.3 Å². The predicted octanol–water partition coefficient (Wildman–Crippen LogP) is 4.06. The first-order chi connectivity index (χ1) is 13.4. The van der Waals surface area contributed by atoms with Gasteiger partial charge in [0.05, 0.1) is 5.92 Å². The highest BCUT2D eigenvalue weighted by Gasteiger charge is 2.29. The molecule has 1 aromatic heterocycles. The smallest absolute Gasteiger partial charge is 0.230 e. The predicted molar refractivity (Wildman–Crippen MR) is 114 cm³/mol. The Hall–Kier alpha value is -2.43. The zero-order chi connectivity index (χ0) is 20.3. The highest BCUT2D eigenvalue weighted by molar-refractivity contribution is 5.84. The number of benzene rings is 1. The summed E-state index contributed by atoms with van der Waals surface area (Å²) in [6.45, 7) is 13.6. The third-order valence-corrected chi connectivity index (χ3v) is 5.60. The third-order valence-electron chi connectivity index (χ3n) is 5.60. The van der Waals surface area contributed by atoms with E-state index in [0.717, 1.165) is 55.5 Å². The van der Waals surface area contributed by atoms with Crippen LogP contribution in [-0.4, -0.2) is 47.0 Å². The number of aromatic nitrogens is 2. The number of amides is 1. The van der Waals surface area contributed by atoms with Gasteiger partial charge in [-0.3, -0.25) is 4.79 Å². The van der Waals surface area contributed by atoms with Crippen LogP contribution in [0.4, 0.5) is 5.82 Å². The van der Waals surface area contributed by atoms with Crippen LogP contribution in [0, 0.1) is 13.8 Å².